The lowest BCUT2D eigenvalue weighted by Crippen LogP contribution is -2.27. The fourth-order valence-corrected chi connectivity index (χ4v) is 1.47. The van der Waals surface area contributed by atoms with Crippen molar-refractivity contribution in [3.63, 3.8) is 0 Å². The topological polar surface area (TPSA) is 96.2 Å². The second kappa shape index (κ2) is 6.00. The Kier molecular flexibility index (Phi) is 4.65. The van der Waals surface area contributed by atoms with Crippen LogP contribution in [0.25, 0.3) is 0 Å². The molecule has 0 atom stereocenters. The summed E-state index contributed by atoms with van der Waals surface area (Å²) in [7, 11) is 3.49. The van der Waals surface area contributed by atoms with Crippen molar-refractivity contribution in [2.75, 3.05) is 31.0 Å². The number of rotatable bonds is 5. The molecular weight excluding hydrogens is 220 g/mol. The van der Waals surface area contributed by atoms with Gasteiger partial charge in [-0.25, -0.2) is 15.8 Å². The van der Waals surface area contributed by atoms with Gasteiger partial charge in [-0.05, 0) is 6.92 Å². The monoisotopic (exact) mass is 238 g/mol. The van der Waals surface area contributed by atoms with E-state index in [1.165, 1.54) is 6.33 Å². The Balaban J connectivity index is 2.75. The molecule has 0 saturated heterocycles. The van der Waals surface area contributed by atoms with Gasteiger partial charge >= 0.3 is 0 Å². The predicted octanol–water partition coefficient (Wildman–Crippen LogP) is -0.357. The van der Waals surface area contributed by atoms with Crippen LogP contribution in [0.2, 0.25) is 0 Å². The average Bonchev–Trinajstić information content (AvgIpc) is 2.35. The van der Waals surface area contributed by atoms with Gasteiger partial charge in [0.15, 0.2) is 0 Å². The van der Waals surface area contributed by atoms with Crippen LogP contribution >= 0.6 is 0 Å². The molecule has 0 aromatic carbocycles. The summed E-state index contributed by atoms with van der Waals surface area (Å²) in [6, 6.07) is 0. The number of carbonyl (C=O) groups excluding carboxylic acids is 1. The molecule has 0 fully saturated rings. The zero-order chi connectivity index (χ0) is 12.8. The third-order valence-electron chi connectivity index (χ3n) is 2.51. The van der Waals surface area contributed by atoms with E-state index in [0.29, 0.717) is 18.8 Å². The molecule has 1 aromatic rings. The number of anilines is 2. The van der Waals surface area contributed by atoms with Crippen LogP contribution in [0.3, 0.4) is 0 Å². The first kappa shape index (κ1) is 13.2. The van der Waals surface area contributed by atoms with E-state index in [2.05, 4.69) is 20.7 Å². The van der Waals surface area contributed by atoms with Crippen LogP contribution in [0.4, 0.5) is 11.6 Å². The SMILES string of the molecule is CNC(=O)CCN(C)c1ncnc(NN)c1C. The van der Waals surface area contributed by atoms with Crippen molar-refractivity contribution in [3.8, 4) is 0 Å². The lowest BCUT2D eigenvalue weighted by atomic mass is 10.3. The molecule has 0 saturated carbocycles. The summed E-state index contributed by atoms with van der Waals surface area (Å²) >= 11 is 0. The first-order valence-electron chi connectivity index (χ1n) is 5.30. The third-order valence-corrected chi connectivity index (χ3v) is 2.51. The second-order valence-corrected chi connectivity index (χ2v) is 3.66. The van der Waals surface area contributed by atoms with E-state index < -0.39 is 0 Å². The standard InChI is InChI=1S/C10H18N6O/c1-7-9(15-11)13-6-14-10(7)16(3)5-4-8(17)12-2/h6H,4-5,11H2,1-3H3,(H,12,17)(H,13,14,15). The van der Waals surface area contributed by atoms with Gasteiger partial charge in [-0.15, -0.1) is 0 Å². The highest BCUT2D eigenvalue weighted by molar-refractivity contribution is 5.76. The van der Waals surface area contributed by atoms with Crippen LogP contribution in [-0.2, 0) is 4.79 Å². The number of hydrogen-bond donors (Lipinski definition) is 3. The van der Waals surface area contributed by atoms with Crippen LogP contribution in [0.1, 0.15) is 12.0 Å². The van der Waals surface area contributed by atoms with Crippen LogP contribution in [0, 0.1) is 6.92 Å². The van der Waals surface area contributed by atoms with Gasteiger partial charge in [0.2, 0.25) is 5.91 Å². The highest BCUT2D eigenvalue weighted by Gasteiger charge is 2.11. The predicted molar refractivity (Wildman–Crippen MR) is 66.5 cm³/mol. The van der Waals surface area contributed by atoms with Gasteiger partial charge in [-0.2, -0.15) is 0 Å². The number of nitrogen functional groups attached to an aromatic ring is 1. The van der Waals surface area contributed by atoms with Gasteiger partial charge < -0.3 is 15.6 Å². The van der Waals surface area contributed by atoms with Gasteiger partial charge in [0, 0.05) is 32.6 Å². The van der Waals surface area contributed by atoms with E-state index in [4.69, 9.17) is 5.84 Å². The molecule has 17 heavy (non-hydrogen) atoms. The maximum absolute atomic E-state index is 11.2. The Hall–Kier alpha value is -1.89. The lowest BCUT2D eigenvalue weighted by molar-refractivity contribution is -0.120. The molecule has 0 bridgehead atoms. The molecule has 0 aliphatic rings. The Bertz CT molecular complexity index is 394. The van der Waals surface area contributed by atoms with Gasteiger partial charge in [-0.1, -0.05) is 0 Å². The van der Waals surface area contributed by atoms with E-state index in [9.17, 15) is 4.79 Å². The quantitative estimate of drug-likeness (QED) is 0.479. The summed E-state index contributed by atoms with van der Waals surface area (Å²) in [6.45, 7) is 2.46. The zero-order valence-electron chi connectivity index (χ0n) is 10.3. The molecular formula is C10H18N6O. The molecule has 1 heterocycles. The van der Waals surface area contributed by atoms with Crippen molar-refractivity contribution in [3.05, 3.63) is 11.9 Å². The van der Waals surface area contributed by atoms with Crippen LogP contribution in [0.5, 0.6) is 0 Å². The number of carbonyl (C=O) groups is 1. The summed E-state index contributed by atoms with van der Waals surface area (Å²) < 4.78 is 0. The number of hydrazine groups is 1. The molecule has 0 aliphatic carbocycles. The zero-order valence-corrected chi connectivity index (χ0v) is 10.3. The van der Waals surface area contributed by atoms with Gasteiger partial charge in [0.1, 0.15) is 18.0 Å². The Morgan fingerprint density at radius 1 is 1.53 bits per heavy atom. The Morgan fingerprint density at radius 3 is 2.82 bits per heavy atom. The van der Waals surface area contributed by atoms with Gasteiger partial charge in [0.05, 0.1) is 0 Å². The molecule has 94 valence electrons. The Labute approximate surface area is 100 Å². The summed E-state index contributed by atoms with van der Waals surface area (Å²) in [5.41, 5.74) is 3.37. The molecule has 0 unspecified atom stereocenters. The molecule has 1 rings (SSSR count). The first-order chi connectivity index (χ1) is 8.10. The number of aromatic nitrogens is 2. The lowest BCUT2D eigenvalue weighted by Gasteiger charge is -2.20. The second-order valence-electron chi connectivity index (χ2n) is 3.66. The maximum Gasteiger partial charge on any atom is 0.221 e. The summed E-state index contributed by atoms with van der Waals surface area (Å²) in [4.78, 5) is 21.2. The molecule has 0 radical (unpaired) electrons. The van der Waals surface area contributed by atoms with Gasteiger partial charge in [-0.3, -0.25) is 4.79 Å². The fraction of sp³-hybridized carbons (Fsp3) is 0.500. The molecule has 1 aromatic heterocycles. The van der Waals surface area contributed by atoms with E-state index in [0.717, 1.165) is 11.4 Å². The number of amides is 1. The average molecular weight is 238 g/mol. The van der Waals surface area contributed by atoms with Crippen molar-refractivity contribution in [2.45, 2.75) is 13.3 Å². The number of nitrogens with one attached hydrogen (secondary N) is 2. The van der Waals surface area contributed by atoms with Crippen LogP contribution < -0.4 is 21.5 Å². The highest BCUT2D eigenvalue weighted by Crippen LogP contribution is 2.20. The van der Waals surface area contributed by atoms with Gasteiger partial charge in [0.25, 0.3) is 0 Å². The van der Waals surface area contributed by atoms with Crippen molar-refractivity contribution in [1.29, 1.82) is 0 Å². The molecule has 4 N–H and O–H groups in total. The normalized spacial score (nSPS) is 9.88. The van der Waals surface area contributed by atoms with Crippen LogP contribution in [0.15, 0.2) is 6.33 Å². The van der Waals surface area contributed by atoms with Crippen LogP contribution in [-0.4, -0.2) is 36.5 Å². The number of nitrogens with two attached hydrogens (primary N) is 1. The smallest absolute Gasteiger partial charge is 0.221 e. The van der Waals surface area contributed by atoms with E-state index in [-0.39, 0.29) is 5.91 Å². The minimum atomic E-state index is 0.000678. The number of nitrogens with zero attached hydrogens (tertiary/aromatic N) is 3. The number of hydrogen-bond acceptors (Lipinski definition) is 6. The van der Waals surface area contributed by atoms with Crippen molar-refractivity contribution >= 4 is 17.5 Å². The summed E-state index contributed by atoms with van der Waals surface area (Å²) in [5.74, 6) is 6.69. The van der Waals surface area contributed by atoms with Crippen molar-refractivity contribution < 1.29 is 4.79 Å². The van der Waals surface area contributed by atoms with E-state index in [1.807, 2.05) is 18.9 Å². The molecule has 7 nitrogen and oxygen atoms in total. The fourth-order valence-electron chi connectivity index (χ4n) is 1.47. The first-order valence-corrected chi connectivity index (χ1v) is 5.30. The van der Waals surface area contributed by atoms with Crippen molar-refractivity contribution in [2.24, 2.45) is 5.84 Å². The van der Waals surface area contributed by atoms with Crippen molar-refractivity contribution in [1.82, 2.24) is 15.3 Å². The highest BCUT2D eigenvalue weighted by atomic mass is 16.1. The Morgan fingerprint density at radius 2 is 2.24 bits per heavy atom. The minimum absolute atomic E-state index is 0.000678. The molecule has 1 amide bonds. The molecule has 0 spiro atoms. The maximum atomic E-state index is 11.2. The van der Waals surface area contributed by atoms with E-state index in [1.54, 1.807) is 7.05 Å². The van der Waals surface area contributed by atoms with E-state index >= 15 is 0 Å². The largest absolute Gasteiger partial charge is 0.359 e. The summed E-state index contributed by atoms with van der Waals surface area (Å²) in [5, 5.41) is 2.58. The molecule has 7 heteroatoms. The third kappa shape index (κ3) is 3.28. The molecule has 0 aliphatic heterocycles. The minimum Gasteiger partial charge on any atom is -0.359 e. The summed E-state index contributed by atoms with van der Waals surface area (Å²) in [6.07, 6.45) is 1.86.